The van der Waals surface area contributed by atoms with E-state index in [0.29, 0.717) is 17.3 Å². The summed E-state index contributed by atoms with van der Waals surface area (Å²) in [7, 11) is 0. The molecule has 5 unspecified atom stereocenters. The van der Waals surface area contributed by atoms with E-state index >= 15 is 0 Å². The zero-order valence-corrected chi connectivity index (χ0v) is 9.83. The summed E-state index contributed by atoms with van der Waals surface area (Å²) < 4.78 is 5.65. The second kappa shape index (κ2) is 2.98. The van der Waals surface area contributed by atoms with E-state index in [2.05, 4.69) is 13.8 Å². The summed E-state index contributed by atoms with van der Waals surface area (Å²) in [4.78, 5) is 0. The quantitative estimate of drug-likeness (QED) is 0.674. The Morgan fingerprint density at radius 2 is 1.93 bits per heavy atom. The van der Waals surface area contributed by atoms with Gasteiger partial charge in [0, 0.05) is 0 Å². The number of fused-ring (bicyclic) bond motifs is 1. The second-order valence-electron chi connectivity index (χ2n) is 6.30. The van der Waals surface area contributed by atoms with Crippen LogP contribution in [0.15, 0.2) is 0 Å². The Kier molecular flexibility index (Phi) is 2.01. The molecule has 0 aromatic heterocycles. The van der Waals surface area contributed by atoms with Crippen molar-refractivity contribution in [2.75, 3.05) is 6.61 Å². The Labute approximate surface area is 92.0 Å². The van der Waals surface area contributed by atoms with Gasteiger partial charge in [0.15, 0.2) is 0 Å². The van der Waals surface area contributed by atoms with Crippen LogP contribution in [0.2, 0.25) is 0 Å². The average molecular weight is 210 g/mol. The molecule has 2 nitrogen and oxygen atoms in total. The van der Waals surface area contributed by atoms with Crippen LogP contribution in [0.25, 0.3) is 0 Å². The van der Waals surface area contributed by atoms with Crippen molar-refractivity contribution in [3.63, 3.8) is 0 Å². The smallest absolute Gasteiger partial charge is 0.0921 e. The Balaban J connectivity index is 1.88. The first-order chi connectivity index (χ1) is 7.06. The van der Waals surface area contributed by atoms with Crippen molar-refractivity contribution in [3.05, 3.63) is 0 Å². The van der Waals surface area contributed by atoms with Gasteiger partial charge in [-0.25, -0.2) is 0 Å². The first-order valence-electron chi connectivity index (χ1n) is 6.38. The SMILES string of the molecule is CC1(C2CCC3C(O)CCCC32C)CO1. The van der Waals surface area contributed by atoms with Crippen molar-refractivity contribution in [2.45, 2.75) is 57.7 Å². The summed E-state index contributed by atoms with van der Waals surface area (Å²) in [5.74, 6) is 1.22. The first-order valence-corrected chi connectivity index (χ1v) is 6.38. The van der Waals surface area contributed by atoms with Crippen molar-refractivity contribution in [2.24, 2.45) is 17.3 Å². The monoisotopic (exact) mass is 210 g/mol. The zero-order valence-electron chi connectivity index (χ0n) is 9.83. The molecule has 2 saturated carbocycles. The van der Waals surface area contributed by atoms with Crippen LogP contribution in [-0.2, 0) is 4.74 Å². The van der Waals surface area contributed by atoms with Crippen molar-refractivity contribution in [1.82, 2.24) is 0 Å². The normalized spacial score (nSPS) is 59.0. The third kappa shape index (κ3) is 1.31. The van der Waals surface area contributed by atoms with Crippen molar-refractivity contribution >= 4 is 0 Å². The minimum atomic E-state index is -0.0453. The molecule has 2 heteroatoms. The zero-order chi connectivity index (χ0) is 10.7. The molecule has 0 amide bonds. The lowest BCUT2D eigenvalue weighted by Gasteiger charge is -2.44. The maximum Gasteiger partial charge on any atom is 0.0921 e. The second-order valence-corrected chi connectivity index (χ2v) is 6.30. The van der Waals surface area contributed by atoms with Crippen LogP contribution in [0.5, 0.6) is 0 Å². The lowest BCUT2D eigenvalue weighted by molar-refractivity contribution is -0.0313. The van der Waals surface area contributed by atoms with E-state index in [-0.39, 0.29) is 11.7 Å². The molecule has 0 aromatic carbocycles. The number of epoxide rings is 1. The third-order valence-electron chi connectivity index (χ3n) is 5.43. The number of hydrogen-bond donors (Lipinski definition) is 1. The molecule has 1 saturated heterocycles. The highest BCUT2D eigenvalue weighted by Crippen LogP contribution is 2.61. The van der Waals surface area contributed by atoms with Gasteiger partial charge in [0.1, 0.15) is 0 Å². The van der Waals surface area contributed by atoms with Gasteiger partial charge in [0.2, 0.25) is 0 Å². The number of ether oxygens (including phenoxy) is 1. The lowest BCUT2D eigenvalue weighted by Crippen LogP contribution is -2.43. The minimum Gasteiger partial charge on any atom is -0.393 e. The van der Waals surface area contributed by atoms with E-state index in [1.54, 1.807) is 0 Å². The summed E-state index contributed by atoms with van der Waals surface area (Å²) in [5, 5.41) is 10.1. The maximum absolute atomic E-state index is 10.1. The summed E-state index contributed by atoms with van der Waals surface area (Å²) in [5.41, 5.74) is 0.503. The summed E-state index contributed by atoms with van der Waals surface area (Å²) >= 11 is 0. The van der Waals surface area contributed by atoms with Gasteiger partial charge in [-0.15, -0.1) is 0 Å². The topological polar surface area (TPSA) is 32.8 Å². The van der Waals surface area contributed by atoms with Gasteiger partial charge in [0.25, 0.3) is 0 Å². The molecule has 3 rings (SSSR count). The van der Waals surface area contributed by atoms with Crippen LogP contribution in [0.3, 0.4) is 0 Å². The van der Waals surface area contributed by atoms with E-state index in [4.69, 9.17) is 4.74 Å². The van der Waals surface area contributed by atoms with Crippen LogP contribution >= 0.6 is 0 Å². The van der Waals surface area contributed by atoms with Gasteiger partial charge >= 0.3 is 0 Å². The average Bonchev–Trinajstić information content (AvgIpc) is 2.78. The van der Waals surface area contributed by atoms with Crippen LogP contribution in [-0.4, -0.2) is 23.4 Å². The summed E-state index contributed by atoms with van der Waals surface area (Å²) in [6.45, 7) is 5.59. The van der Waals surface area contributed by atoms with Crippen molar-refractivity contribution in [1.29, 1.82) is 0 Å². The third-order valence-corrected chi connectivity index (χ3v) is 5.43. The van der Waals surface area contributed by atoms with Gasteiger partial charge in [-0.3, -0.25) is 0 Å². The fourth-order valence-corrected chi connectivity index (χ4v) is 4.47. The largest absolute Gasteiger partial charge is 0.393 e. The molecule has 86 valence electrons. The van der Waals surface area contributed by atoms with Crippen LogP contribution in [0.4, 0.5) is 0 Å². The van der Waals surface area contributed by atoms with E-state index in [1.165, 1.54) is 25.7 Å². The van der Waals surface area contributed by atoms with Gasteiger partial charge in [-0.1, -0.05) is 13.3 Å². The highest BCUT2D eigenvalue weighted by atomic mass is 16.6. The minimum absolute atomic E-state index is 0.0453. The van der Waals surface area contributed by atoms with E-state index < -0.39 is 0 Å². The molecule has 15 heavy (non-hydrogen) atoms. The van der Waals surface area contributed by atoms with E-state index in [0.717, 1.165) is 13.0 Å². The van der Waals surface area contributed by atoms with Gasteiger partial charge in [0.05, 0.1) is 18.3 Å². The Morgan fingerprint density at radius 1 is 1.20 bits per heavy atom. The highest BCUT2D eigenvalue weighted by molar-refractivity contribution is 5.09. The molecule has 5 atom stereocenters. The number of aliphatic hydroxyl groups excluding tert-OH is 1. The van der Waals surface area contributed by atoms with Gasteiger partial charge < -0.3 is 9.84 Å². The number of hydrogen-bond acceptors (Lipinski definition) is 2. The van der Waals surface area contributed by atoms with Gasteiger partial charge in [-0.2, -0.15) is 0 Å². The van der Waals surface area contributed by atoms with Crippen LogP contribution in [0.1, 0.15) is 46.0 Å². The van der Waals surface area contributed by atoms with Crippen LogP contribution < -0.4 is 0 Å². The Bertz CT molecular complexity index is 272. The molecule has 3 aliphatic rings. The standard InChI is InChI=1S/C13H22O2/c1-12-7-3-4-10(14)9(12)5-6-11(12)13(2)8-15-13/h9-11,14H,3-8H2,1-2H3. The number of aliphatic hydroxyl groups is 1. The molecule has 1 heterocycles. The Hall–Kier alpha value is -0.0800. The lowest BCUT2D eigenvalue weighted by atomic mass is 9.62. The highest BCUT2D eigenvalue weighted by Gasteiger charge is 2.61. The molecule has 3 fully saturated rings. The number of rotatable bonds is 1. The molecule has 0 bridgehead atoms. The summed E-state index contributed by atoms with van der Waals surface area (Å²) in [6, 6.07) is 0. The molecule has 0 aromatic rings. The summed E-state index contributed by atoms with van der Waals surface area (Å²) in [6.07, 6.45) is 5.93. The predicted molar refractivity (Wildman–Crippen MR) is 58.5 cm³/mol. The molecule has 0 spiro atoms. The molecule has 2 aliphatic carbocycles. The van der Waals surface area contributed by atoms with E-state index in [9.17, 15) is 5.11 Å². The molecule has 0 radical (unpaired) electrons. The van der Waals surface area contributed by atoms with Crippen LogP contribution in [0, 0.1) is 17.3 Å². The fourth-order valence-electron chi connectivity index (χ4n) is 4.47. The molecule has 1 N–H and O–H groups in total. The van der Waals surface area contributed by atoms with E-state index in [1.807, 2.05) is 0 Å². The predicted octanol–water partition coefficient (Wildman–Crippen LogP) is 2.35. The van der Waals surface area contributed by atoms with Crippen molar-refractivity contribution in [3.8, 4) is 0 Å². The first kappa shape index (κ1) is 10.1. The fraction of sp³-hybridized carbons (Fsp3) is 1.00. The van der Waals surface area contributed by atoms with Gasteiger partial charge in [-0.05, 0) is 49.9 Å². The maximum atomic E-state index is 10.1. The Morgan fingerprint density at radius 3 is 2.60 bits per heavy atom. The molecule has 1 aliphatic heterocycles. The molecular weight excluding hydrogens is 188 g/mol. The van der Waals surface area contributed by atoms with Crippen molar-refractivity contribution < 1.29 is 9.84 Å². The molecular formula is C13H22O2.